The molecule has 1 fully saturated rings. The molecule has 0 aromatic heterocycles. The summed E-state index contributed by atoms with van der Waals surface area (Å²) in [5, 5.41) is 0. The SMILES string of the molecule is CC(C)(C=C(F)B1OC(C)(C)C(C)(C)O1)Oc1cccc(F)c1. The molecule has 0 atom stereocenters. The third-order valence-electron chi connectivity index (χ3n) is 4.14. The van der Waals surface area contributed by atoms with Crippen molar-refractivity contribution < 1.29 is 22.8 Å². The van der Waals surface area contributed by atoms with Crippen LogP contribution in [0.5, 0.6) is 5.75 Å². The molecule has 0 unspecified atom stereocenters. The van der Waals surface area contributed by atoms with Crippen LogP contribution in [-0.2, 0) is 9.31 Å². The molecule has 1 heterocycles. The van der Waals surface area contributed by atoms with Crippen LogP contribution >= 0.6 is 0 Å². The molecule has 1 aliphatic heterocycles. The summed E-state index contributed by atoms with van der Waals surface area (Å²) in [5.74, 6) is -0.0818. The molecule has 6 heteroatoms. The first-order valence-corrected chi connectivity index (χ1v) is 7.60. The maximum absolute atomic E-state index is 14.5. The van der Waals surface area contributed by atoms with Gasteiger partial charge in [0.15, 0.2) is 0 Å². The molecule has 23 heavy (non-hydrogen) atoms. The lowest BCUT2D eigenvalue weighted by atomic mass is 9.85. The fraction of sp³-hybridized carbons (Fsp3) is 0.529. The van der Waals surface area contributed by atoms with Gasteiger partial charge in [-0.2, -0.15) is 0 Å². The molecule has 0 saturated carbocycles. The first-order valence-electron chi connectivity index (χ1n) is 7.60. The highest BCUT2D eigenvalue weighted by atomic mass is 19.1. The van der Waals surface area contributed by atoms with E-state index in [-0.39, 0.29) is 0 Å². The van der Waals surface area contributed by atoms with Gasteiger partial charge in [0, 0.05) is 6.07 Å². The minimum Gasteiger partial charge on any atom is -0.484 e. The molecular weight excluding hydrogens is 301 g/mol. The Hall–Kier alpha value is -1.40. The highest BCUT2D eigenvalue weighted by Gasteiger charge is 2.53. The summed E-state index contributed by atoms with van der Waals surface area (Å²) in [6.07, 6.45) is 1.29. The fourth-order valence-electron chi connectivity index (χ4n) is 2.22. The van der Waals surface area contributed by atoms with Crippen molar-refractivity contribution >= 4 is 7.12 Å². The molecule has 0 amide bonds. The lowest BCUT2D eigenvalue weighted by Gasteiger charge is -2.32. The van der Waals surface area contributed by atoms with Crippen molar-refractivity contribution in [2.75, 3.05) is 0 Å². The van der Waals surface area contributed by atoms with Gasteiger partial charge in [0.1, 0.15) is 22.9 Å². The molecule has 1 saturated heterocycles. The van der Waals surface area contributed by atoms with Crippen LogP contribution in [0.15, 0.2) is 36.1 Å². The summed E-state index contributed by atoms with van der Waals surface area (Å²) >= 11 is 0. The van der Waals surface area contributed by atoms with Crippen molar-refractivity contribution in [3.63, 3.8) is 0 Å². The van der Waals surface area contributed by atoms with Gasteiger partial charge >= 0.3 is 7.12 Å². The van der Waals surface area contributed by atoms with E-state index in [1.54, 1.807) is 19.9 Å². The van der Waals surface area contributed by atoms with E-state index in [2.05, 4.69) is 0 Å². The molecule has 1 aromatic rings. The van der Waals surface area contributed by atoms with Gasteiger partial charge in [0.2, 0.25) is 0 Å². The van der Waals surface area contributed by atoms with E-state index < -0.39 is 35.5 Å². The van der Waals surface area contributed by atoms with Gasteiger partial charge < -0.3 is 14.0 Å². The second-order valence-corrected chi connectivity index (χ2v) is 7.28. The van der Waals surface area contributed by atoms with Crippen LogP contribution in [0.25, 0.3) is 0 Å². The number of rotatable bonds is 4. The quantitative estimate of drug-likeness (QED) is 0.765. The summed E-state index contributed by atoms with van der Waals surface area (Å²) in [7, 11) is -1.07. The average Bonchev–Trinajstić information content (AvgIpc) is 2.57. The van der Waals surface area contributed by atoms with Crippen molar-refractivity contribution in [2.45, 2.75) is 58.3 Å². The predicted octanol–water partition coefficient (Wildman–Crippen LogP) is 4.47. The zero-order valence-corrected chi connectivity index (χ0v) is 14.4. The Kier molecular flexibility index (Phi) is 4.61. The largest absolute Gasteiger partial charge is 0.525 e. The Bertz CT molecular complexity index is 596. The van der Waals surface area contributed by atoms with Crippen molar-refractivity contribution in [2.24, 2.45) is 0 Å². The fourth-order valence-corrected chi connectivity index (χ4v) is 2.22. The number of hydrogen-bond donors (Lipinski definition) is 0. The number of benzene rings is 1. The zero-order valence-electron chi connectivity index (χ0n) is 14.4. The zero-order chi connectivity index (χ0) is 17.5. The molecule has 126 valence electrons. The average molecular weight is 324 g/mol. The Morgan fingerprint density at radius 1 is 1.17 bits per heavy atom. The highest BCUT2D eigenvalue weighted by Crippen LogP contribution is 2.39. The van der Waals surface area contributed by atoms with Gasteiger partial charge in [-0.05, 0) is 59.8 Å². The Morgan fingerprint density at radius 2 is 1.74 bits per heavy atom. The third kappa shape index (κ3) is 4.12. The molecule has 0 bridgehead atoms. The molecule has 1 aromatic carbocycles. The van der Waals surface area contributed by atoms with Crippen molar-refractivity contribution in [3.8, 4) is 5.75 Å². The summed E-state index contributed by atoms with van der Waals surface area (Å²) in [5.41, 5.74) is -2.78. The second-order valence-electron chi connectivity index (χ2n) is 7.28. The lowest BCUT2D eigenvalue weighted by molar-refractivity contribution is 0.00578. The minimum absolute atomic E-state index is 0.327. The van der Waals surface area contributed by atoms with E-state index in [1.165, 1.54) is 24.3 Å². The number of hydrogen-bond acceptors (Lipinski definition) is 3. The van der Waals surface area contributed by atoms with Gasteiger partial charge in [0.05, 0.1) is 11.2 Å². The summed E-state index contributed by atoms with van der Waals surface area (Å²) < 4.78 is 44.7. The topological polar surface area (TPSA) is 27.7 Å². The smallest absolute Gasteiger partial charge is 0.484 e. The number of halogens is 2. The van der Waals surface area contributed by atoms with Crippen molar-refractivity contribution in [1.82, 2.24) is 0 Å². The number of ether oxygens (including phenoxy) is 1. The summed E-state index contributed by atoms with van der Waals surface area (Å²) in [6.45, 7) is 10.8. The lowest BCUT2D eigenvalue weighted by Crippen LogP contribution is -2.41. The van der Waals surface area contributed by atoms with Crippen LogP contribution in [0.4, 0.5) is 8.78 Å². The van der Waals surface area contributed by atoms with E-state index in [9.17, 15) is 8.78 Å². The van der Waals surface area contributed by atoms with E-state index in [4.69, 9.17) is 14.0 Å². The van der Waals surface area contributed by atoms with Gasteiger partial charge in [-0.3, -0.25) is 0 Å². The van der Waals surface area contributed by atoms with Crippen LogP contribution in [0.1, 0.15) is 41.5 Å². The maximum Gasteiger partial charge on any atom is 0.525 e. The van der Waals surface area contributed by atoms with Gasteiger partial charge in [-0.1, -0.05) is 6.07 Å². The van der Waals surface area contributed by atoms with E-state index >= 15 is 0 Å². The molecule has 2 rings (SSSR count). The molecular formula is C17H23BF2O3. The molecule has 0 radical (unpaired) electrons. The Labute approximate surface area is 136 Å². The molecule has 0 aliphatic carbocycles. The van der Waals surface area contributed by atoms with Crippen LogP contribution in [0.2, 0.25) is 0 Å². The third-order valence-corrected chi connectivity index (χ3v) is 4.14. The van der Waals surface area contributed by atoms with E-state index in [1.807, 2.05) is 27.7 Å². The van der Waals surface area contributed by atoms with Crippen molar-refractivity contribution in [1.29, 1.82) is 0 Å². The van der Waals surface area contributed by atoms with Gasteiger partial charge in [-0.25, -0.2) is 8.78 Å². The monoisotopic (exact) mass is 324 g/mol. The van der Waals surface area contributed by atoms with E-state index in [0.29, 0.717) is 5.75 Å². The van der Waals surface area contributed by atoms with Crippen LogP contribution in [0.3, 0.4) is 0 Å². The standard InChI is InChI=1S/C17H23BF2O3/c1-15(2,21-13-9-7-8-12(19)10-13)11-14(20)18-22-16(3,4)17(5,6)23-18/h7-11H,1-6H3. The molecule has 0 N–H and O–H groups in total. The molecule has 0 spiro atoms. The minimum atomic E-state index is -1.07. The second kappa shape index (κ2) is 5.91. The Morgan fingerprint density at radius 3 is 2.26 bits per heavy atom. The highest BCUT2D eigenvalue weighted by molar-refractivity contribution is 6.53. The van der Waals surface area contributed by atoms with Crippen LogP contribution < -0.4 is 4.74 Å². The Balaban J connectivity index is 2.13. The first kappa shape index (κ1) is 18.0. The van der Waals surface area contributed by atoms with Crippen LogP contribution in [-0.4, -0.2) is 23.9 Å². The van der Waals surface area contributed by atoms with Gasteiger partial charge in [-0.15, -0.1) is 0 Å². The maximum atomic E-state index is 14.5. The molecule has 3 nitrogen and oxygen atoms in total. The molecule has 1 aliphatic rings. The predicted molar refractivity (Wildman–Crippen MR) is 86.4 cm³/mol. The van der Waals surface area contributed by atoms with Gasteiger partial charge in [0.25, 0.3) is 0 Å². The first-order chi connectivity index (χ1) is 10.4. The normalized spacial score (nSPS) is 20.7. The summed E-state index contributed by atoms with van der Waals surface area (Å²) in [6, 6.07) is 5.73. The van der Waals surface area contributed by atoms with Crippen molar-refractivity contribution in [3.05, 3.63) is 41.9 Å². The van der Waals surface area contributed by atoms with E-state index in [0.717, 1.165) is 0 Å². The summed E-state index contributed by atoms with van der Waals surface area (Å²) in [4.78, 5) is 0. The van der Waals surface area contributed by atoms with Crippen LogP contribution in [0, 0.1) is 5.82 Å².